The van der Waals surface area contributed by atoms with Crippen LogP contribution < -0.4 is 4.90 Å². The van der Waals surface area contributed by atoms with Crippen molar-refractivity contribution in [3.8, 4) is 0 Å². The molecule has 0 aliphatic carbocycles. The number of aliphatic hydroxyl groups excluding tert-OH is 1. The third kappa shape index (κ3) is 3.78. The van der Waals surface area contributed by atoms with Crippen molar-refractivity contribution < 1.29 is 5.11 Å². The first-order valence-corrected chi connectivity index (χ1v) is 7.02. The maximum Gasteiger partial charge on any atom is 0.143 e. The van der Waals surface area contributed by atoms with Gasteiger partial charge in [0, 0.05) is 19.3 Å². The van der Waals surface area contributed by atoms with E-state index < -0.39 is 0 Å². The Morgan fingerprint density at radius 1 is 1.26 bits per heavy atom. The van der Waals surface area contributed by atoms with Crippen molar-refractivity contribution in [1.82, 2.24) is 4.98 Å². The van der Waals surface area contributed by atoms with Crippen LogP contribution >= 0.6 is 15.9 Å². The molecule has 0 bridgehead atoms. The molecule has 0 aliphatic rings. The molecular formula is C15H17BrN2O. The largest absolute Gasteiger partial charge is 0.395 e. The van der Waals surface area contributed by atoms with Gasteiger partial charge in [-0.15, -0.1) is 0 Å². The van der Waals surface area contributed by atoms with E-state index >= 15 is 0 Å². The first-order valence-electron chi connectivity index (χ1n) is 6.22. The molecule has 0 spiro atoms. The predicted molar refractivity (Wildman–Crippen MR) is 81.3 cm³/mol. The normalized spacial score (nSPS) is 10.5. The lowest BCUT2D eigenvalue weighted by molar-refractivity contribution is 0.301. The molecule has 0 unspecified atom stereocenters. The molecule has 19 heavy (non-hydrogen) atoms. The molecule has 0 saturated carbocycles. The van der Waals surface area contributed by atoms with Gasteiger partial charge in [0.15, 0.2) is 0 Å². The van der Waals surface area contributed by atoms with Crippen molar-refractivity contribution in [3.05, 3.63) is 58.2 Å². The van der Waals surface area contributed by atoms with Crippen LogP contribution in [-0.4, -0.2) is 23.2 Å². The number of pyridine rings is 1. The molecule has 4 heteroatoms. The Kier molecular flexibility index (Phi) is 4.93. The summed E-state index contributed by atoms with van der Waals surface area (Å²) in [5, 5.41) is 9.24. The van der Waals surface area contributed by atoms with Gasteiger partial charge in [-0.25, -0.2) is 4.98 Å². The summed E-state index contributed by atoms with van der Waals surface area (Å²) < 4.78 is 0.955. The number of anilines is 1. The lowest BCUT2D eigenvalue weighted by atomic mass is 10.2. The first kappa shape index (κ1) is 14.0. The number of hydrogen-bond acceptors (Lipinski definition) is 3. The Bertz CT molecular complexity index is 531. The van der Waals surface area contributed by atoms with Crippen LogP contribution in [0.1, 0.15) is 11.1 Å². The zero-order valence-electron chi connectivity index (χ0n) is 10.9. The molecule has 0 atom stereocenters. The van der Waals surface area contributed by atoms with E-state index in [1.165, 1.54) is 5.56 Å². The van der Waals surface area contributed by atoms with Gasteiger partial charge in [-0.05, 0) is 40.0 Å². The van der Waals surface area contributed by atoms with E-state index in [4.69, 9.17) is 0 Å². The van der Waals surface area contributed by atoms with Crippen LogP contribution in [0.2, 0.25) is 0 Å². The Morgan fingerprint density at radius 3 is 2.63 bits per heavy atom. The summed E-state index contributed by atoms with van der Waals surface area (Å²) in [7, 11) is 0. The lowest BCUT2D eigenvalue weighted by Gasteiger charge is -2.24. The molecule has 100 valence electrons. The summed E-state index contributed by atoms with van der Waals surface area (Å²) in [5.74, 6) is 0.864. The molecule has 0 saturated heterocycles. The highest BCUT2D eigenvalue weighted by Gasteiger charge is 2.12. The zero-order valence-corrected chi connectivity index (χ0v) is 12.5. The summed E-state index contributed by atoms with van der Waals surface area (Å²) in [6.45, 7) is 3.41. The topological polar surface area (TPSA) is 36.4 Å². The van der Waals surface area contributed by atoms with Gasteiger partial charge in [0.05, 0.1) is 11.1 Å². The molecular weight excluding hydrogens is 304 g/mol. The van der Waals surface area contributed by atoms with Crippen molar-refractivity contribution in [2.24, 2.45) is 0 Å². The molecule has 0 fully saturated rings. The molecule has 1 N–H and O–H groups in total. The van der Waals surface area contributed by atoms with Crippen LogP contribution in [0.3, 0.4) is 0 Å². The van der Waals surface area contributed by atoms with Crippen LogP contribution in [0.5, 0.6) is 0 Å². The highest BCUT2D eigenvalue weighted by molar-refractivity contribution is 9.10. The van der Waals surface area contributed by atoms with Crippen LogP contribution in [0.15, 0.2) is 47.1 Å². The summed E-state index contributed by atoms with van der Waals surface area (Å²) >= 11 is 3.55. The molecule has 0 amide bonds. The van der Waals surface area contributed by atoms with Crippen LogP contribution in [0.25, 0.3) is 0 Å². The quantitative estimate of drug-likeness (QED) is 0.919. The first-order chi connectivity index (χ1) is 9.20. The minimum absolute atomic E-state index is 0.106. The molecule has 2 rings (SSSR count). The fourth-order valence-corrected chi connectivity index (χ4v) is 2.66. The summed E-state index contributed by atoms with van der Waals surface area (Å²) in [6.07, 6.45) is 1.84. The second-order valence-electron chi connectivity index (χ2n) is 4.45. The molecule has 0 radical (unpaired) electrons. The Morgan fingerprint density at radius 2 is 2.00 bits per heavy atom. The lowest BCUT2D eigenvalue weighted by Crippen LogP contribution is -2.27. The van der Waals surface area contributed by atoms with Gasteiger partial charge in [-0.1, -0.05) is 30.3 Å². The fraction of sp³-hybridized carbons (Fsp3) is 0.267. The molecule has 3 nitrogen and oxygen atoms in total. The van der Waals surface area contributed by atoms with Gasteiger partial charge in [0.1, 0.15) is 5.82 Å². The number of aryl methyl sites for hydroxylation is 1. The van der Waals surface area contributed by atoms with Gasteiger partial charge < -0.3 is 10.0 Å². The Labute approximate surface area is 122 Å². The Balaban J connectivity index is 2.24. The Hall–Kier alpha value is -1.39. The van der Waals surface area contributed by atoms with Crippen LogP contribution in [0.4, 0.5) is 5.82 Å². The van der Waals surface area contributed by atoms with E-state index in [-0.39, 0.29) is 6.61 Å². The minimum atomic E-state index is 0.106. The maximum atomic E-state index is 9.24. The standard InChI is InChI=1S/C15H17BrN2O/c1-12-9-14(16)15(17-10-12)18(7-8-19)11-13-5-3-2-4-6-13/h2-6,9-10,19H,7-8,11H2,1H3. The second-order valence-corrected chi connectivity index (χ2v) is 5.30. The summed E-state index contributed by atoms with van der Waals surface area (Å²) in [5.41, 5.74) is 2.31. The van der Waals surface area contributed by atoms with Crippen molar-refractivity contribution in [3.63, 3.8) is 0 Å². The van der Waals surface area contributed by atoms with E-state index in [2.05, 4.69) is 37.9 Å². The van der Waals surface area contributed by atoms with E-state index in [1.807, 2.05) is 37.4 Å². The van der Waals surface area contributed by atoms with Crippen molar-refractivity contribution in [2.45, 2.75) is 13.5 Å². The number of rotatable bonds is 5. The molecule has 1 aromatic heterocycles. The molecule has 0 aliphatic heterocycles. The van der Waals surface area contributed by atoms with Crippen molar-refractivity contribution >= 4 is 21.7 Å². The van der Waals surface area contributed by atoms with Gasteiger partial charge in [0.2, 0.25) is 0 Å². The monoisotopic (exact) mass is 320 g/mol. The number of nitrogens with zero attached hydrogens (tertiary/aromatic N) is 2. The zero-order chi connectivity index (χ0) is 13.7. The number of halogens is 1. The van der Waals surface area contributed by atoms with Crippen LogP contribution in [-0.2, 0) is 6.54 Å². The van der Waals surface area contributed by atoms with Crippen molar-refractivity contribution in [1.29, 1.82) is 0 Å². The van der Waals surface area contributed by atoms with E-state index in [9.17, 15) is 5.11 Å². The predicted octanol–water partition coefficient (Wildman–Crippen LogP) is 3.15. The molecule has 1 heterocycles. The van der Waals surface area contributed by atoms with E-state index in [1.54, 1.807) is 0 Å². The minimum Gasteiger partial charge on any atom is -0.395 e. The third-order valence-corrected chi connectivity index (χ3v) is 3.43. The average Bonchev–Trinajstić information content (AvgIpc) is 2.39. The smallest absolute Gasteiger partial charge is 0.143 e. The maximum absolute atomic E-state index is 9.24. The molecule has 2 aromatic rings. The molecule has 1 aromatic carbocycles. The summed E-state index contributed by atoms with van der Waals surface area (Å²) in [4.78, 5) is 6.53. The van der Waals surface area contributed by atoms with Crippen LogP contribution in [0, 0.1) is 6.92 Å². The highest BCUT2D eigenvalue weighted by Crippen LogP contribution is 2.25. The number of hydrogen-bond donors (Lipinski definition) is 1. The van der Waals surface area contributed by atoms with Crippen molar-refractivity contribution in [2.75, 3.05) is 18.1 Å². The van der Waals surface area contributed by atoms with Gasteiger partial charge in [0.25, 0.3) is 0 Å². The number of aliphatic hydroxyl groups is 1. The average molecular weight is 321 g/mol. The van der Waals surface area contributed by atoms with Gasteiger partial charge in [-0.3, -0.25) is 0 Å². The summed E-state index contributed by atoms with van der Waals surface area (Å²) in [6, 6.07) is 12.2. The number of benzene rings is 1. The second kappa shape index (κ2) is 6.68. The van der Waals surface area contributed by atoms with Gasteiger partial charge >= 0.3 is 0 Å². The third-order valence-electron chi connectivity index (χ3n) is 2.84. The fourth-order valence-electron chi connectivity index (χ4n) is 1.94. The number of aromatic nitrogens is 1. The van der Waals surface area contributed by atoms with E-state index in [0.717, 1.165) is 22.4 Å². The SMILES string of the molecule is Cc1cnc(N(CCO)Cc2ccccc2)c(Br)c1. The highest BCUT2D eigenvalue weighted by atomic mass is 79.9. The van der Waals surface area contributed by atoms with Gasteiger partial charge in [-0.2, -0.15) is 0 Å². The van der Waals surface area contributed by atoms with E-state index in [0.29, 0.717) is 6.54 Å².